The molecule has 0 aromatic rings. The van der Waals surface area contributed by atoms with Crippen LogP contribution in [-0.2, 0) is 13.6 Å². The lowest BCUT2D eigenvalue weighted by atomic mass is 10.4. The van der Waals surface area contributed by atoms with Crippen molar-refractivity contribution in [2.24, 2.45) is 0 Å². The first-order valence-electron chi connectivity index (χ1n) is 9.26. The summed E-state index contributed by atoms with van der Waals surface area (Å²) >= 11 is 0. The van der Waals surface area contributed by atoms with Crippen LogP contribution in [0.3, 0.4) is 0 Å². The highest BCUT2D eigenvalue weighted by atomic mass is 28.4. The predicted molar refractivity (Wildman–Crippen MR) is 100 cm³/mol. The van der Waals surface area contributed by atoms with Gasteiger partial charge in [0.25, 0.3) is 0 Å². The van der Waals surface area contributed by atoms with Gasteiger partial charge in [0.15, 0.2) is 0 Å². The van der Waals surface area contributed by atoms with E-state index >= 15 is 0 Å². The molecular formula is C17H41N2O3Si+. The molecule has 5 nitrogen and oxygen atoms in total. The SMILES string of the molecule is CCO[Si](CC)(CCCNCCCOCC[N+](C)(C)C)OCC. The van der Waals surface area contributed by atoms with Crippen molar-refractivity contribution in [2.45, 2.75) is 45.7 Å². The maximum absolute atomic E-state index is 5.99. The Kier molecular flexibility index (Phi) is 13.3. The van der Waals surface area contributed by atoms with E-state index in [0.717, 1.165) is 75.5 Å². The molecule has 1 N–H and O–H groups in total. The Morgan fingerprint density at radius 3 is 2.00 bits per heavy atom. The Labute approximate surface area is 145 Å². The maximum atomic E-state index is 5.99. The Balaban J connectivity index is 3.60. The fourth-order valence-corrected chi connectivity index (χ4v) is 5.34. The zero-order valence-corrected chi connectivity index (χ0v) is 17.5. The lowest BCUT2D eigenvalue weighted by Gasteiger charge is -2.29. The second-order valence-corrected chi connectivity index (χ2v) is 10.6. The van der Waals surface area contributed by atoms with Crippen LogP contribution < -0.4 is 5.32 Å². The van der Waals surface area contributed by atoms with E-state index in [2.05, 4.69) is 47.2 Å². The molecule has 0 aliphatic carbocycles. The van der Waals surface area contributed by atoms with Gasteiger partial charge in [0.2, 0.25) is 0 Å². The first kappa shape index (κ1) is 23.0. The molecule has 0 radical (unpaired) electrons. The number of hydrogen-bond acceptors (Lipinski definition) is 4. The van der Waals surface area contributed by atoms with Gasteiger partial charge in [-0.15, -0.1) is 0 Å². The lowest BCUT2D eigenvalue weighted by Crippen LogP contribution is -2.42. The van der Waals surface area contributed by atoms with E-state index in [0.29, 0.717) is 0 Å². The van der Waals surface area contributed by atoms with Gasteiger partial charge in [-0.2, -0.15) is 0 Å². The van der Waals surface area contributed by atoms with E-state index in [4.69, 9.17) is 13.6 Å². The molecule has 140 valence electrons. The van der Waals surface area contributed by atoms with Gasteiger partial charge in [-0.1, -0.05) is 6.92 Å². The Bertz CT molecular complexity index is 267. The highest BCUT2D eigenvalue weighted by Gasteiger charge is 2.34. The quantitative estimate of drug-likeness (QED) is 0.264. The molecule has 6 heteroatoms. The smallest absolute Gasteiger partial charge is 0.337 e. The van der Waals surface area contributed by atoms with Crippen molar-refractivity contribution in [1.29, 1.82) is 0 Å². The average Bonchev–Trinajstić information content (AvgIpc) is 2.48. The van der Waals surface area contributed by atoms with Gasteiger partial charge in [-0.25, -0.2) is 0 Å². The molecule has 0 unspecified atom stereocenters. The van der Waals surface area contributed by atoms with E-state index in [-0.39, 0.29) is 0 Å². The molecule has 0 spiro atoms. The standard InChI is InChI=1S/C17H41N2O3Si/c1-7-21-23(9-3,22-8-2)17-11-13-18-12-10-15-20-16-14-19(4,5)6/h18H,7-17H2,1-6H3/q+1. The summed E-state index contributed by atoms with van der Waals surface area (Å²) in [5, 5.41) is 3.50. The highest BCUT2D eigenvalue weighted by molar-refractivity contribution is 6.67. The number of rotatable bonds is 16. The average molecular weight is 350 g/mol. The molecule has 0 amide bonds. The van der Waals surface area contributed by atoms with E-state index < -0.39 is 8.56 Å². The van der Waals surface area contributed by atoms with Crippen LogP contribution in [0.5, 0.6) is 0 Å². The van der Waals surface area contributed by atoms with Crippen LogP contribution in [0.1, 0.15) is 33.6 Å². The minimum Gasteiger partial charge on any atom is -0.394 e. The number of ether oxygens (including phenoxy) is 1. The number of quaternary nitrogens is 1. The molecule has 0 aromatic carbocycles. The van der Waals surface area contributed by atoms with E-state index in [9.17, 15) is 0 Å². The van der Waals surface area contributed by atoms with Crippen LogP contribution in [0.4, 0.5) is 0 Å². The molecule has 0 aliphatic heterocycles. The van der Waals surface area contributed by atoms with Crippen molar-refractivity contribution in [2.75, 3.05) is 67.2 Å². The second kappa shape index (κ2) is 13.3. The van der Waals surface area contributed by atoms with E-state index in [1.807, 2.05) is 0 Å². The van der Waals surface area contributed by atoms with Gasteiger partial charge < -0.3 is 23.4 Å². The summed E-state index contributed by atoms with van der Waals surface area (Å²) in [6, 6.07) is 2.12. The van der Waals surface area contributed by atoms with Crippen molar-refractivity contribution >= 4 is 8.56 Å². The predicted octanol–water partition coefficient (Wildman–Crippen LogP) is 2.61. The summed E-state index contributed by atoms with van der Waals surface area (Å²) in [5.41, 5.74) is 0. The van der Waals surface area contributed by atoms with Crippen LogP contribution in [-0.4, -0.2) is 80.2 Å². The summed E-state index contributed by atoms with van der Waals surface area (Å²) in [4.78, 5) is 0. The fourth-order valence-electron chi connectivity index (χ4n) is 2.44. The molecule has 0 aliphatic rings. The summed E-state index contributed by atoms with van der Waals surface area (Å²) in [7, 11) is 4.63. The van der Waals surface area contributed by atoms with Crippen molar-refractivity contribution < 1.29 is 18.1 Å². The molecule has 0 fully saturated rings. The van der Waals surface area contributed by atoms with Crippen molar-refractivity contribution in [3.63, 3.8) is 0 Å². The van der Waals surface area contributed by atoms with Crippen LogP contribution in [0.2, 0.25) is 12.1 Å². The van der Waals surface area contributed by atoms with Crippen molar-refractivity contribution in [1.82, 2.24) is 5.32 Å². The van der Waals surface area contributed by atoms with E-state index in [1.165, 1.54) is 0 Å². The fraction of sp³-hybridized carbons (Fsp3) is 1.00. The first-order chi connectivity index (χ1) is 10.9. The summed E-state index contributed by atoms with van der Waals surface area (Å²) in [6.45, 7) is 12.7. The summed E-state index contributed by atoms with van der Waals surface area (Å²) in [5.74, 6) is 0. The summed E-state index contributed by atoms with van der Waals surface area (Å²) < 4.78 is 18.6. The number of nitrogens with one attached hydrogen (secondary N) is 1. The van der Waals surface area contributed by atoms with Crippen LogP contribution >= 0.6 is 0 Å². The molecular weight excluding hydrogens is 308 g/mol. The second-order valence-electron chi connectivity index (χ2n) is 6.96. The largest absolute Gasteiger partial charge is 0.394 e. The Morgan fingerprint density at radius 2 is 1.48 bits per heavy atom. The number of likely N-dealkylation sites (N-methyl/N-ethyl adjacent to an activating group) is 1. The molecule has 0 rings (SSSR count). The molecule has 0 saturated heterocycles. The van der Waals surface area contributed by atoms with Gasteiger partial charge in [0.1, 0.15) is 6.54 Å². The first-order valence-corrected chi connectivity index (χ1v) is 11.5. The zero-order valence-electron chi connectivity index (χ0n) is 16.5. The van der Waals surface area contributed by atoms with Gasteiger partial charge >= 0.3 is 8.56 Å². The summed E-state index contributed by atoms with van der Waals surface area (Å²) in [6.07, 6.45) is 2.20. The van der Waals surface area contributed by atoms with Gasteiger partial charge in [-0.3, -0.25) is 0 Å². The molecule has 0 heterocycles. The molecule has 0 atom stereocenters. The van der Waals surface area contributed by atoms with Crippen molar-refractivity contribution in [3.8, 4) is 0 Å². The maximum Gasteiger partial charge on any atom is 0.337 e. The Hall–Kier alpha value is 0.0169. The van der Waals surface area contributed by atoms with Gasteiger partial charge in [0.05, 0.1) is 27.7 Å². The number of nitrogens with zero attached hydrogens (tertiary/aromatic N) is 1. The monoisotopic (exact) mass is 349 g/mol. The van der Waals surface area contributed by atoms with Gasteiger partial charge in [0, 0.05) is 19.8 Å². The minimum atomic E-state index is -1.94. The van der Waals surface area contributed by atoms with E-state index in [1.54, 1.807) is 0 Å². The zero-order chi connectivity index (χ0) is 17.6. The van der Waals surface area contributed by atoms with Crippen LogP contribution in [0.25, 0.3) is 0 Å². The van der Waals surface area contributed by atoms with Crippen LogP contribution in [0.15, 0.2) is 0 Å². The highest BCUT2D eigenvalue weighted by Crippen LogP contribution is 2.20. The molecule has 0 bridgehead atoms. The Morgan fingerprint density at radius 1 is 0.870 bits per heavy atom. The van der Waals surface area contributed by atoms with Crippen molar-refractivity contribution in [3.05, 3.63) is 0 Å². The lowest BCUT2D eigenvalue weighted by molar-refractivity contribution is -0.870. The third-order valence-electron chi connectivity index (χ3n) is 3.81. The molecule has 0 aromatic heterocycles. The minimum absolute atomic E-state index is 0.762. The third-order valence-corrected chi connectivity index (χ3v) is 7.64. The normalized spacial score (nSPS) is 12.8. The third kappa shape index (κ3) is 13.0. The number of hydrogen-bond donors (Lipinski definition) is 1. The molecule has 23 heavy (non-hydrogen) atoms. The topological polar surface area (TPSA) is 39.7 Å². The molecule has 0 saturated carbocycles. The van der Waals surface area contributed by atoms with Gasteiger partial charge in [-0.05, 0) is 51.9 Å². The van der Waals surface area contributed by atoms with Crippen LogP contribution in [0, 0.1) is 0 Å².